The number of hydrogen-bond donors (Lipinski definition) is 1. The van der Waals surface area contributed by atoms with Crippen molar-refractivity contribution >= 4 is 11.6 Å². The van der Waals surface area contributed by atoms with Crippen molar-refractivity contribution in [2.75, 3.05) is 33.3 Å². The summed E-state index contributed by atoms with van der Waals surface area (Å²) < 4.78 is 21.2. The lowest BCUT2D eigenvalue weighted by molar-refractivity contribution is -0.114. The third kappa shape index (κ3) is 4.49. The van der Waals surface area contributed by atoms with Gasteiger partial charge in [0.15, 0.2) is 23.0 Å². The number of amides is 1. The predicted molar refractivity (Wildman–Crippen MR) is 107 cm³/mol. The Balaban J connectivity index is 2.49. The maximum Gasteiger partial charge on any atom is 0.250 e. The van der Waals surface area contributed by atoms with Gasteiger partial charge in [-0.3, -0.25) is 4.79 Å². The molecule has 0 saturated heterocycles. The zero-order valence-corrected chi connectivity index (χ0v) is 16.7. The second kappa shape index (κ2) is 9.55. The molecule has 0 radical (unpaired) electrons. The number of methoxy groups -OCH3 is 4. The van der Waals surface area contributed by atoms with Crippen LogP contribution in [0.15, 0.2) is 42.5 Å². The van der Waals surface area contributed by atoms with Crippen LogP contribution in [0.25, 0.3) is 0 Å². The van der Waals surface area contributed by atoms with Crippen molar-refractivity contribution in [2.24, 2.45) is 0 Å². The number of anilines is 1. The Hall–Kier alpha value is -3.35. The summed E-state index contributed by atoms with van der Waals surface area (Å²) in [6.45, 7) is 1.99. The van der Waals surface area contributed by atoms with Crippen LogP contribution in [0.2, 0.25) is 0 Å². The molecule has 2 rings (SSSR count). The Bertz CT molecular complexity index is 837. The first-order valence-electron chi connectivity index (χ1n) is 8.59. The minimum absolute atomic E-state index is 0.0526. The second-order valence-electron chi connectivity index (χ2n) is 5.81. The first-order chi connectivity index (χ1) is 13.5. The molecule has 0 aromatic heterocycles. The molecule has 0 aliphatic rings. The molecule has 7 heteroatoms. The molecule has 0 unspecified atom stereocenters. The van der Waals surface area contributed by atoms with E-state index in [1.165, 1.54) is 45.5 Å². The zero-order chi connectivity index (χ0) is 20.7. The van der Waals surface area contributed by atoms with Gasteiger partial charge in [-0.2, -0.15) is 0 Å². The molecule has 2 aromatic carbocycles. The molecule has 2 aromatic rings. The summed E-state index contributed by atoms with van der Waals surface area (Å²) in [6, 6.07) is 8.35. The molecule has 0 saturated carbocycles. The number of phenolic OH excluding ortho intramolecular Hbond substituents is 1. The van der Waals surface area contributed by atoms with Crippen molar-refractivity contribution < 1.29 is 28.8 Å². The lowest BCUT2D eigenvalue weighted by Crippen LogP contribution is -2.28. The minimum atomic E-state index is -0.235. The fourth-order valence-electron chi connectivity index (χ4n) is 2.78. The van der Waals surface area contributed by atoms with Crippen LogP contribution in [0.3, 0.4) is 0 Å². The number of allylic oxidation sites excluding steroid dienone is 1. The van der Waals surface area contributed by atoms with E-state index in [4.69, 9.17) is 18.9 Å². The Kier molecular flexibility index (Phi) is 7.14. The van der Waals surface area contributed by atoms with E-state index in [1.807, 2.05) is 0 Å². The van der Waals surface area contributed by atoms with Gasteiger partial charge in [-0.05, 0) is 42.8 Å². The largest absolute Gasteiger partial charge is 0.504 e. The fraction of sp³-hybridized carbons (Fsp3) is 0.286. The van der Waals surface area contributed by atoms with Gasteiger partial charge >= 0.3 is 0 Å². The normalized spacial score (nSPS) is 10.6. The monoisotopic (exact) mass is 387 g/mol. The fourth-order valence-corrected chi connectivity index (χ4v) is 2.78. The van der Waals surface area contributed by atoms with Crippen LogP contribution in [0.4, 0.5) is 5.69 Å². The van der Waals surface area contributed by atoms with Gasteiger partial charge in [-0.25, -0.2) is 0 Å². The van der Waals surface area contributed by atoms with Gasteiger partial charge in [-0.15, -0.1) is 0 Å². The molecule has 7 nitrogen and oxygen atoms in total. The molecule has 1 N–H and O–H groups in total. The van der Waals surface area contributed by atoms with Crippen LogP contribution in [0.1, 0.15) is 12.5 Å². The summed E-state index contributed by atoms with van der Waals surface area (Å²) in [5.41, 5.74) is 1.29. The lowest BCUT2D eigenvalue weighted by atomic mass is 10.1. The SMILES string of the molecule is C/C=C/C(=O)N(Cc1cc(OC)c(OC)c(OC)c1)c1ccc(OC)c(O)c1. The summed E-state index contributed by atoms with van der Waals surface area (Å²) in [5.74, 6) is 1.50. The summed E-state index contributed by atoms with van der Waals surface area (Å²) in [6.07, 6.45) is 3.12. The summed E-state index contributed by atoms with van der Waals surface area (Å²) in [5, 5.41) is 10.1. The zero-order valence-electron chi connectivity index (χ0n) is 16.7. The molecule has 0 heterocycles. The molecule has 0 spiro atoms. The predicted octanol–water partition coefficient (Wildman–Crippen LogP) is 3.54. The second-order valence-corrected chi connectivity index (χ2v) is 5.81. The molecule has 0 bridgehead atoms. The third-order valence-corrected chi connectivity index (χ3v) is 4.11. The number of benzene rings is 2. The summed E-state index contributed by atoms with van der Waals surface area (Å²) in [4.78, 5) is 14.2. The quantitative estimate of drug-likeness (QED) is 0.698. The Morgan fingerprint density at radius 1 is 0.964 bits per heavy atom. The standard InChI is InChI=1S/C21H25NO6/c1-6-7-20(24)22(15-8-9-17(25-2)16(23)12-15)13-14-10-18(26-3)21(28-5)19(11-14)27-4/h6-12,23H,13H2,1-5H3/b7-6+. The lowest BCUT2D eigenvalue weighted by Gasteiger charge is -2.23. The van der Waals surface area contributed by atoms with E-state index in [-0.39, 0.29) is 18.2 Å². The highest BCUT2D eigenvalue weighted by molar-refractivity contribution is 6.01. The Morgan fingerprint density at radius 3 is 2.04 bits per heavy atom. The number of aromatic hydroxyl groups is 1. The molecule has 28 heavy (non-hydrogen) atoms. The van der Waals surface area contributed by atoms with Crippen molar-refractivity contribution in [3.05, 3.63) is 48.0 Å². The van der Waals surface area contributed by atoms with Gasteiger partial charge in [0.05, 0.1) is 35.0 Å². The topological polar surface area (TPSA) is 77.5 Å². The summed E-state index contributed by atoms with van der Waals surface area (Å²) >= 11 is 0. The van der Waals surface area contributed by atoms with Crippen molar-refractivity contribution in [3.63, 3.8) is 0 Å². The number of nitrogens with zero attached hydrogens (tertiary/aromatic N) is 1. The van der Waals surface area contributed by atoms with Crippen molar-refractivity contribution in [3.8, 4) is 28.7 Å². The number of phenols is 1. The van der Waals surface area contributed by atoms with E-state index >= 15 is 0 Å². The molecule has 0 aliphatic heterocycles. The van der Waals surface area contributed by atoms with Crippen molar-refractivity contribution in [2.45, 2.75) is 13.5 Å². The van der Waals surface area contributed by atoms with E-state index < -0.39 is 0 Å². The Labute approximate surface area is 164 Å². The van der Waals surface area contributed by atoms with E-state index in [1.54, 1.807) is 37.3 Å². The maximum absolute atomic E-state index is 12.7. The van der Waals surface area contributed by atoms with Gasteiger partial charge < -0.3 is 29.0 Å². The molecule has 0 fully saturated rings. The minimum Gasteiger partial charge on any atom is -0.504 e. The first kappa shape index (κ1) is 21.0. The van der Waals surface area contributed by atoms with E-state index in [0.29, 0.717) is 28.7 Å². The third-order valence-electron chi connectivity index (χ3n) is 4.11. The average Bonchev–Trinajstić information content (AvgIpc) is 2.71. The molecular weight excluding hydrogens is 362 g/mol. The number of carbonyl (C=O) groups is 1. The van der Waals surface area contributed by atoms with E-state index in [2.05, 4.69) is 0 Å². The number of rotatable bonds is 8. The van der Waals surface area contributed by atoms with Crippen LogP contribution in [-0.4, -0.2) is 39.5 Å². The molecule has 1 amide bonds. The van der Waals surface area contributed by atoms with Crippen LogP contribution in [0.5, 0.6) is 28.7 Å². The van der Waals surface area contributed by atoms with Crippen LogP contribution in [-0.2, 0) is 11.3 Å². The maximum atomic E-state index is 12.7. The number of carbonyl (C=O) groups excluding carboxylic acids is 1. The Morgan fingerprint density at radius 2 is 1.57 bits per heavy atom. The highest BCUT2D eigenvalue weighted by Gasteiger charge is 2.19. The van der Waals surface area contributed by atoms with Crippen LogP contribution < -0.4 is 23.8 Å². The highest BCUT2D eigenvalue weighted by atomic mass is 16.5. The highest BCUT2D eigenvalue weighted by Crippen LogP contribution is 2.39. The number of hydrogen-bond acceptors (Lipinski definition) is 6. The van der Waals surface area contributed by atoms with Gasteiger partial charge in [0, 0.05) is 11.8 Å². The van der Waals surface area contributed by atoms with Gasteiger partial charge in [-0.1, -0.05) is 6.08 Å². The number of ether oxygens (including phenoxy) is 4. The first-order valence-corrected chi connectivity index (χ1v) is 8.59. The molecule has 0 aliphatic carbocycles. The smallest absolute Gasteiger partial charge is 0.250 e. The van der Waals surface area contributed by atoms with Gasteiger partial charge in [0.2, 0.25) is 5.75 Å². The van der Waals surface area contributed by atoms with Gasteiger partial charge in [0.25, 0.3) is 5.91 Å². The van der Waals surface area contributed by atoms with E-state index in [9.17, 15) is 9.90 Å². The summed E-state index contributed by atoms with van der Waals surface area (Å²) in [7, 11) is 6.06. The van der Waals surface area contributed by atoms with Gasteiger partial charge in [0.1, 0.15) is 0 Å². The van der Waals surface area contributed by atoms with Crippen LogP contribution >= 0.6 is 0 Å². The average molecular weight is 387 g/mol. The molecular formula is C21H25NO6. The van der Waals surface area contributed by atoms with Crippen molar-refractivity contribution in [1.29, 1.82) is 0 Å². The molecule has 0 atom stereocenters. The molecule has 150 valence electrons. The van der Waals surface area contributed by atoms with Crippen LogP contribution in [0, 0.1) is 0 Å². The van der Waals surface area contributed by atoms with Crippen molar-refractivity contribution in [1.82, 2.24) is 0 Å². The van der Waals surface area contributed by atoms with E-state index in [0.717, 1.165) is 5.56 Å².